The molecule has 2 rings (SSSR count). The van der Waals surface area contributed by atoms with E-state index in [1.54, 1.807) is 18.2 Å². The molecule has 0 saturated carbocycles. The molecule has 0 fully saturated rings. The average molecular weight is 275 g/mol. The van der Waals surface area contributed by atoms with Gasteiger partial charge in [0.15, 0.2) is 0 Å². The Morgan fingerprint density at radius 2 is 1.84 bits per heavy atom. The summed E-state index contributed by atoms with van der Waals surface area (Å²) in [5.41, 5.74) is 1.85. The summed E-state index contributed by atoms with van der Waals surface area (Å²) >= 11 is 1.22. The molecule has 0 saturated heterocycles. The Kier molecular flexibility index (Phi) is 4.54. The first-order valence-electron chi connectivity index (χ1n) is 5.75. The molecule has 0 aromatic heterocycles. The normalized spacial score (nSPS) is 10.4. The van der Waals surface area contributed by atoms with E-state index in [4.69, 9.17) is 4.18 Å². The van der Waals surface area contributed by atoms with Crippen molar-refractivity contribution in [3.8, 4) is 0 Å². The third kappa shape index (κ3) is 3.81. The van der Waals surface area contributed by atoms with Crippen LogP contribution in [0.25, 0.3) is 0 Å². The van der Waals surface area contributed by atoms with E-state index in [1.807, 2.05) is 31.2 Å². The van der Waals surface area contributed by atoms with E-state index < -0.39 is 4.92 Å². The van der Waals surface area contributed by atoms with Gasteiger partial charge >= 0.3 is 0 Å². The first kappa shape index (κ1) is 13.6. The van der Waals surface area contributed by atoms with E-state index >= 15 is 0 Å². The van der Waals surface area contributed by atoms with Gasteiger partial charge in [0.1, 0.15) is 0 Å². The number of nitro benzene ring substituents is 1. The monoisotopic (exact) mass is 275 g/mol. The van der Waals surface area contributed by atoms with Gasteiger partial charge in [0.25, 0.3) is 5.69 Å². The first-order valence-corrected chi connectivity index (χ1v) is 6.49. The highest BCUT2D eigenvalue weighted by molar-refractivity contribution is 7.94. The van der Waals surface area contributed by atoms with E-state index in [9.17, 15) is 10.1 Å². The Balaban J connectivity index is 1.96. The Bertz CT molecular complexity index is 569. The summed E-state index contributed by atoms with van der Waals surface area (Å²) in [6.45, 7) is 2.22. The number of hydrogen-bond donors (Lipinski definition) is 0. The van der Waals surface area contributed by atoms with Crippen LogP contribution < -0.4 is 0 Å². The number of para-hydroxylation sites is 1. The summed E-state index contributed by atoms with van der Waals surface area (Å²) in [6.07, 6.45) is 0. The first-order chi connectivity index (χ1) is 9.16. The molecule has 2 aromatic carbocycles. The number of aryl methyl sites for hydroxylation is 1. The zero-order valence-corrected chi connectivity index (χ0v) is 11.2. The predicted octanol–water partition coefficient (Wildman–Crippen LogP) is 4.13. The number of nitrogens with zero attached hydrogens (tertiary/aromatic N) is 1. The van der Waals surface area contributed by atoms with Gasteiger partial charge < -0.3 is 4.18 Å². The molecular weight excluding hydrogens is 262 g/mol. The van der Waals surface area contributed by atoms with Crippen molar-refractivity contribution in [2.75, 3.05) is 0 Å². The highest BCUT2D eigenvalue weighted by atomic mass is 32.2. The Morgan fingerprint density at radius 1 is 1.16 bits per heavy atom. The van der Waals surface area contributed by atoms with Crippen LogP contribution in [0.4, 0.5) is 5.69 Å². The largest absolute Gasteiger partial charge is 0.305 e. The van der Waals surface area contributed by atoms with Gasteiger partial charge in [-0.15, -0.1) is 0 Å². The molecule has 0 N–H and O–H groups in total. The molecule has 19 heavy (non-hydrogen) atoms. The maximum atomic E-state index is 10.8. The van der Waals surface area contributed by atoms with Crippen LogP contribution in [0.5, 0.6) is 0 Å². The Morgan fingerprint density at radius 3 is 2.53 bits per heavy atom. The average Bonchev–Trinajstić information content (AvgIpc) is 2.41. The summed E-state index contributed by atoms with van der Waals surface area (Å²) in [6, 6.07) is 14.5. The molecule has 0 spiro atoms. The van der Waals surface area contributed by atoms with E-state index in [2.05, 4.69) is 0 Å². The van der Waals surface area contributed by atoms with Crippen molar-refractivity contribution in [2.45, 2.75) is 18.4 Å². The molecule has 0 aliphatic carbocycles. The number of hydrogen-bond acceptors (Lipinski definition) is 4. The molecule has 0 unspecified atom stereocenters. The molecule has 4 nitrogen and oxygen atoms in total. The Labute approximate surface area is 115 Å². The van der Waals surface area contributed by atoms with E-state index in [0.29, 0.717) is 5.56 Å². The van der Waals surface area contributed by atoms with Gasteiger partial charge in [0.2, 0.25) is 0 Å². The van der Waals surface area contributed by atoms with E-state index in [-0.39, 0.29) is 12.3 Å². The number of nitro groups is 1. The summed E-state index contributed by atoms with van der Waals surface area (Å²) < 4.78 is 5.45. The Hall–Kier alpha value is -1.85. The van der Waals surface area contributed by atoms with Crippen molar-refractivity contribution < 1.29 is 9.11 Å². The van der Waals surface area contributed by atoms with Crippen LogP contribution in [0.2, 0.25) is 0 Å². The second kappa shape index (κ2) is 6.36. The third-order valence-electron chi connectivity index (χ3n) is 2.58. The second-order valence-corrected chi connectivity index (χ2v) is 4.92. The molecular formula is C14H13NO3S. The van der Waals surface area contributed by atoms with Crippen molar-refractivity contribution in [2.24, 2.45) is 0 Å². The van der Waals surface area contributed by atoms with Crippen LogP contribution in [-0.2, 0) is 10.8 Å². The van der Waals surface area contributed by atoms with Gasteiger partial charge in [0, 0.05) is 23.0 Å². The van der Waals surface area contributed by atoms with Crippen molar-refractivity contribution in [1.29, 1.82) is 0 Å². The molecule has 0 heterocycles. The van der Waals surface area contributed by atoms with Crippen LogP contribution in [-0.4, -0.2) is 4.92 Å². The summed E-state index contributed by atoms with van der Waals surface area (Å²) in [5, 5.41) is 10.8. The summed E-state index contributed by atoms with van der Waals surface area (Å²) in [7, 11) is 0. The van der Waals surface area contributed by atoms with Gasteiger partial charge in [-0.3, -0.25) is 10.1 Å². The molecule has 0 bridgehead atoms. The lowest BCUT2D eigenvalue weighted by atomic mass is 10.2. The molecule has 0 amide bonds. The quantitative estimate of drug-likeness (QED) is 0.468. The van der Waals surface area contributed by atoms with E-state index in [0.717, 1.165) is 4.90 Å². The minimum Gasteiger partial charge on any atom is -0.305 e. The number of rotatable bonds is 5. The van der Waals surface area contributed by atoms with Gasteiger partial charge in [-0.25, -0.2) is 0 Å². The summed E-state index contributed by atoms with van der Waals surface area (Å²) in [5.74, 6) is 0. The van der Waals surface area contributed by atoms with Crippen molar-refractivity contribution in [1.82, 2.24) is 0 Å². The fourth-order valence-corrected chi connectivity index (χ4v) is 2.13. The van der Waals surface area contributed by atoms with Crippen molar-refractivity contribution >= 4 is 17.7 Å². The zero-order chi connectivity index (χ0) is 13.7. The fraction of sp³-hybridized carbons (Fsp3) is 0.143. The van der Waals surface area contributed by atoms with Crippen LogP contribution in [0.15, 0.2) is 53.4 Å². The highest BCUT2D eigenvalue weighted by Gasteiger charge is 2.12. The lowest BCUT2D eigenvalue weighted by Crippen LogP contribution is -1.95. The van der Waals surface area contributed by atoms with Crippen molar-refractivity contribution in [3.63, 3.8) is 0 Å². The van der Waals surface area contributed by atoms with E-state index in [1.165, 1.54) is 23.7 Å². The van der Waals surface area contributed by atoms with Gasteiger partial charge in [-0.05, 0) is 25.1 Å². The standard InChI is InChI=1S/C14H13NO3S/c1-11-6-8-13(9-7-11)19-18-10-12-4-2-3-5-14(12)15(16)17/h2-9H,10H2,1H3. The van der Waals surface area contributed by atoms with Gasteiger partial charge in [-0.1, -0.05) is 29.8 Å². The number of benzene rings is 2. The topological polar surface area (TPSA) is 52.4 Å². The van der Waals surface area contributed by atoms with Crippen LogP contribution >= 0.6 is 12.0 Å². The molecule has 0 radical (unpaired) electrons. The van der Waals surface area contributed by atoms with Crippen LogP contribution in [0.1, 0.15) is 11.1 Å². The minimum atomic E-state index is -0.394. The molecule has 0 aliphatic heterocycles. The molecule has 0 aliphatic rings. The van der Waals surface area contributed by atoms with Crippen LogP contribution in [0, 0.1) is 17.0 Å². The lowest BCUT2D eigenvalue weighted by Gasteiger charge is -2.04. The molecule has 98 valence electrons. The molecule has 5 heteroatoms. The SMILES string of the molecule is Cc1ccc(SOCc2ccccc2[N+](=O)[O-])cc1. The van der Waals surface area contributed by atoms with Gasteiger partial charge in [0.05, 0.1) is 17.1 Å². The second-order valence-electron chi connectivity index (χ2n) is 4.04. The highest BCUT2D eigenvalue weighted by Crippen LogP contribution is 2.24. The van der Waals surface area contributed by atoms with Crippen LogP contribution in [0.3, 0.4) is 0 Å². The molecule has 2 aromatic rings. The van der Waals surface area contributed by atoms with Crippen molar-refractivity contribution in [3.05, 3.63) is 69.8 Å². The maximum Gasteiger partial charge on any atom is 0.274 e. The predicted molar refractivity (Wildman–Crippen MR) is 74.9 cm³/mol. The minimum absolute atomic E-state index is 0.0898. The smallest absolute Gasteiger partial charge is 0.274 e. The zero-order valence-electron chi connectivity index (χ0n) is 10.4. The third-order valence-corrected chi connectivity index (χ3v) is 3.28. The fourth-order valence-electron chi connectivity index (χ4n) is 1.57. The maximum absolute atomic E-state index is 10.8. The summed E-state index contributed by atoms with van der Waals surface area (Å²) in [4.78, 5) is 11.4. The molecule has 0 atom stereocenters. The lowest BCUT2D eigenvalue weighted by molar-refractivity contribution is -0.385. The van der Waals surface area contributed by atoms with Gasteiger partial charge in [-0.2, -0.15) is 0 Å².